The van der Waals surface area contributed by atoms with Crippen molar-refractivity contribution in [3.63, 3.8) is 0 Å². The lowest BCUT2D eigenvalue weighted by Gasteiger charge is -2.22. The van der Waals surface area contributed by atoms with Crippen LogP contribution in [0.1, 0.15) is 18.4 Å². The summed E-state index contributed by atoms with van der Waals surface area (Å²) in [6, 6.07) is 10.0. The number of anilines is 1. The fraction of sp³-hybridized carbons (Fsp3) is 0.400. The lowest BCUT2D eigenvalue weighted by molar-refractivity contribution is -0.0389. The first-order valence-electron chi connectivity index (χ1n) is 6.66. The highest BCUT2D eigenvalue weighted by atomic mass is 16.5. The van der Waals surface area contributed by atoms with Crippen molar-refractivity contribution in [3.8, 4) is 0 Å². The highest BCUT2D eigenvalue weighted by molar-refractivity contribution is 5.81. The Bertz CT molecular complexity index is 565. The Morgan fingerprint density at radius 2 is 2.05 bits per heavy atom. The second kappa shape index (κ2) is 5.55. The number of hydrogen-bond donors (Lipinski definition) is 1. The summed E-state index contributed by atoms with van der Waals surface area (Å²) in [6.45, 7) is 2.10. The second-order valence-electron chi connectivity index (χ2n) is 4.85. The van der Waals surface area contributed by atoms with Crippen LogP contribution in [0.15, 0.2) is 30.3 Å². The molecule has 1 aliphatic rings. The zero-order valence-corrected chi connectivity index (χ0v) is 10.8. The van der Waals surface area contributed by atoms with E-state index < -0.39 is 0 Å². The van der Waals surface area contributed by atoms with E-state index >= 15 is 0 Å². The summed E-state index contributed by atoms with van der Waals surface area (Å²) < 4.78 is 11.2. The third-order valence-corrected chi connectivity index (χ3v) is 3.48. The average molecular weight is 258 g/mol. The van der Waals surface area contributed by atoms with E-state index in [4.69, 9.17) is 15.2 Å². The molecule has 2 aromatic rings. The molecule has 100 valence electrons. The lowest BCUT2D eigenvalue weighted by Crippen LogP contribution is -2.23. The number of para-hydroxylation sites is 1. The van der Waals surface area contributed by atoms with Gasteiger partial charge in [-0.05, 0) is 25.0 Å². The van der Waals surface area contributed by atoms with E-state index in [1.807, 2.05) is 24.3 Å². The molecule has 3 rings (SSSR count). The molecule has 1 aliphatic heterocycles. The van der Waals surface area contributed by atoms with Gasteiger partial charge in [0.15, 0.2) is 0 Å². The van der Waals surface area contributed by atoms with Gasteiger partial charge in [-0.25, -0.2) is 4.98 Å². The van der Waals surface area contributed by atoms with Gasteiger partial charge in [-0.1, -0.05) is 18.2 Å². The Balaban J connectivity index is 1.74. The zero-order valence-electron chi connectivity index (χ0n) is 10.8. The van der Waals surface area contributed by atoms with Crippen LogP contribution in [0.25, 0.3) is 10.9 Å². The SMILES string of the molecule is Nc1nc2ccccc2cc1COC1CCOCC1. The minimum Gasteiger partial charge on any atom is -0.383 e. The van der Waals surface area contributed by atoms with E-state index in [2.05, 4.69) is 11.1 Å². The minimum absolute atomic E-state index is 0.277. The van der Waals surface area contributed by atoms with Crippen molar-refractivity contribution < 1.29 is 9.47 Å². The molecular weight excluding hydrogens is 240 g/mol. The summed E-state index contributed by atoms with van der Waals surface area (Å²) in [7, 11) is 0. The number of nitrogen functional groups attached to an aromatic ring is 1. The van der Waals surface area contributed by atoms with Gasteiger partial charge in [0.25, 0.3) is 0 Å². The van der Waals surface area contributed by atoms with Crippen LogP contribution in [0.5, 0.6) is 0 Å². The van der Waals surface area contributed by atoms with Crippen molar-refractivity contribution in [3.05, 3.63) is 35.9 Å². The van der Waals surface area contributed by atoms with Gasteiger partial charge >= 0.3 is 0 Å². The van der Waals surface area contributed by atoms with Crippen molar-refractivity contribution in [1.29, 1.82) is 0 Å². The molecule has 1 saturated heterocycles. The number of rotatable bonds is 3. The topological polar surface area (TPSA) is 57.4 Å². The van der Waals surface area contributed by atoms with E-state index in [0.29, 0.717) is 12.4 Å². The van der Waals surface area contributed by atoms with Gasteiger partial charge < -0.3 is 15.2 Å². The molecule has 0 unspecified atom stereocenters. The highest BCUT2D eigenvalue weighted by Crippen LogP contribution is 2.20. The van der Waals surface area contributed by atoms with Crippen LogP contribution in [0.2, 0.25) is 0 Å². The van der Waals surface area contributed by atoms with Crippen molar-refractivity contribution in [2.24, 2.45) is 0 Å². The summed E-state index contributed by atoms with van der Waals surface area (Å²) in [4.78, 5) is 4.41. The third-order valence-electron chi connectivity index (χ3n) is 3.48. The molecule has 0 atom stereocenters. The van der Waals surface area contributed by atoms with Gasteiger partial charge in [-0.2, -0.15) is 0 Å². The number of aromatic nitrogens is 1. The monoisotopic (exact) mass is 258 g/mol. The van der Waals surface area contributed by atoms with E-state index in [1.54, 1.807) is 0 Å². The molecule has 1 fully saturated rings. The molecule has 0 bridgehead atoms. The maximum atomic E-state index is 5.99. The van der Waals surface area contributed by atoms with Crippen LogP contribution in [0.3, 0.4) is 0 Å². The summed E-state index contributed by atoms with van der Waals surface area (Å²) in [5.74, 6) is 0.561. The summed E-state index contributed by atoms with van der Waals surface area (Å²) in [5.41, 5.74) is 7.88. The fourth-order valence-corrected chi connectivity index (χ4v) is 2.34. The van der Waals surface area contributed by atoms with E-state index in [-0.39, 0.29) is 6.10 Å². The second-order valence-corrected chi connectivity index (χ2v) is 4.85. The molecule has 0 amide bonds. The van der Waals surface area contributed by atoms with Crippen LogP contribution in [-0.4, -0.2) is 24.3 Å². The van der Waals surface area contributed by atoms with E-state index in [0.717, 1.165) is 42.5 Å². The summed E-state index contributed by atoms with van der Waals surface area (Å²) in [6.07, 6.45) is 2.20. The molecule has 2 heterocycles. The normalized spacial score (nSPS) is 16.8. The number of fused-ring (bicyclic) bond motifs is 1. The standard InChI is InChI=1S/C15H18N2O2/c16-15-12(10-19-13-5-7-18-8-6-13)9-11-3-1-2-4-14(11)17-15/h1-4,9,13H,5-8,10H2,(H2,16,17). The fourth-order valence-electron chi connectivity index (χ4n) is 2.34. The lowest BCUT2D eigenvalue weighted by atomic mass is 10.1. The van der Waals surface area contributed by atoms with Crippen molar-refractivity contribution in [2.75, 3.05) is 18.9 Å². The van der Waals surface area contributed by atoms with Gasteiger partial charge in [0.1, 0.15) is 5.82 Å². The molecule has 0 aliphatic carbocycles. The van der Waals surface area contributed by atoms with Gasteiger partial charge in [0.2, 0.25) is 0 Å². The van der Waals surface area contributed by atoms with Crippen LogP contribution in [0, 0.1) is 0 Å². The van der Waals surface area contributed by atoms with Crippen molar-refractivity contribution in [1.82, 2.24) is 4.98 Å². The van der Waals surface area contributed by atoms with Crippen LogP contribution < -0.4 is 5.73 Å². The zero-order chi connectivity index (χ0) is 13.1. The average Bonchev–Trinajstić information content (AvgIpc) is 2.46. The molecule has 19 heavy (non-hydrogen) atoms. The molecule has 2 N–H and O–H groups in total. The van der Waals surface area contributed by atoms with Gasteiger partial charge in [-0.3, -0.25) is 0 Å². The Labute approximate surface area is 112 Å². The number of benzene rings is 1. The highest BCUT2D eigenvalue weighted by Gasteiger charge is 2.15. The molecule has 4 heteroatoms. The Morgan fingerprint density at radius 3 is 2.89 bits per heavy atom. The van der Waals surface area contributed by atoms with Crippen LogP contribution in [0.4, 0.5) is 5.82 Å². The predicted molar refractivity (Wildman–Crippen MR) is 74.8 cm³/mol. The molecular formula is C15H18N2O2. The van der Waals surface area contributed by atoms with Crippen LogP contribution in [-0.2, 0) is 16.1 Å². The molecule has 0 saturated carbocycles. The largest absolute Gasteiger partial charge is 0.383 e. The first-order chi connectivity index (χ1) is 9.33. The third kappa shape index (κ3) is 2.85. The van der Waals surface area contributed by atoms with E-state index in [9.17, 15) is 0 Å². The van der Waals surface area contributed by atoms with Gasteiger partial charge in [0.05, 0.1) is 18.2 Å². The summed E-state index contributed by atoms with van der Waals surface area (Å²) in [5, 5.41) is 1.10. The maximum absolute atomic E-state index is 5.99. The maximum Gasteiger partial charge on any atom is 0.129 e. The van der Waals surface area contributed by atoms with E-state index in [1.165, 1.54) is 0 Å². The molecule has 4 nitrogen and oxygen atoms in total. The predicted octanol–water partition coefficient (Wildman–Crippen LogP) is 2.51. The molecule has 1 aromatic carbocycles. The van der Waals surface area contributed by atoms with Crippen molar-refractivity contribution >= 4 is 16.7 Å². The van der Waals surface area contributed by atoms with Gasteiger partial charge in [-0.15, -0.1) is 0 Å². The van der Waals surface area contributed by atoms with Crippen LogP contribution >= 0.6 is 0 Å². The Hall–Kier alpha value is -1.65. The number of nitrogens with zero attached hydrogens (tertiary/aromatic N) is 1. The molecule has 0 spiro atoms. The smallest absolute Gasteiger partial charge is 0.129 e. The molecule has 0 radical (unpaired) electrons. The van der Waals surface area contributed by atoms with Crippen molar-refractivity contribution in [2.45, 2.75) is 25.6 Å². The quantitative estimate of drug-likeness (QED) is 0.919. The number of pyridine rings is 1. The van der Waals surface area contributed by atoms with Gasteiger partial charge in [0, 0.05) is 24.2 Å². The summed E-state index contributed by atoms with van der Waals surface area (Å²) >= 11 is 0. The number of ether oxygens (including phenoxy) is 2. The number of nitrogens with two attached hydrogens (primary N) is 1. The minimum atomic E-state index is 0.277. The number of hydrogen-bond acceptors (Lipinski definition) is 4. The first kappa shape index (κ1) is 12.4. The Morgan fingerprint density at radius 1 is 1.26 bits per heavy atom. The Kier molecular flexibility index (Phi) is 3.62. The first-order valence-corrected chi connectivity index (χ1v) is 6.66. The molecule has 1 aromatic heterocycles.